The third kappa shape index (κ3) is 3.91. The molecular formula is C16H22O3. The lowest BCUT2D eigenvalue weighted by Crippen LogP contribution is -2.09. The van der Waals surface area contributed by atoms with E-state index in [2.05, 4.69) is 19.9 Å². The van der Waals surface area contributed by atoms with Gasteiger partial charge in [-0.25, -0.2) is 0 Å². The van der Waals surface area contributed by atoms with E-state index in [4.69, 9.17) is 5.11 Å². The van der Waals surface area contributed by atoms with Crippen LogP contribution in [-0.2, 0) is 24.1 Å². The zero-order valence-electron chi connectivity index (χ0n) is 12.0. The number of carboxylic acids is 1. The summed E-state index contributed by atoms with van der Waals surface area (Å²) in [5, 5.41) is 8.67. The van der Waals surface area contributed by atoms with Gasteiger partial charge in [0.05, 0.1) is 6.42 Å². The molecule has 1 rings (SSSR count). The fourth-order valence-electron chi connectivity index (χ4n) is 2.31. The lowest BCUT2D eigenvalue weighted by Gasteiger charge is -2.13. The number of carbonyl (C=O) groups excluding carboxylic acids is 1. The predicted octanol–water partition coefficient (Wildman–Crippen LogP) is 3.42. The Labute approximate surface area is 114 Å². The smallest absolute Gasteiger partial charge is 0.303 e. The fourth-order valence-corrected chi connectivity index (χ4v) is 2.31. The van der Waals surface area contributed by atoms with Gasteiger partial charge in [-0.2, -0.15) is 0 Å². The van der Waals surface area contributed by atoms with Crippen molar-refractivity contribution in [3.8, 4) is 0 Å². The molecule has 0 spiro atoms. The van der Waals surface area contributed by atoms with Crippen molar-refractivity contribution in [3.05, 3.63) is 34.4 Å². The average Bonchev–Trinajstić information content (AvgIpc) is 2.42. The highest BCUT2D eigenvalue weighted by atomic mass is 16.4. The number of benzene rings is 1. The van der Waals surface area contributed by atoms with E-state index in [-0.39, 0.29) is 18.6 Å². The van der Waals surface area contributed by atoms with Gasteiger partial charge in [-0.15, -0.1) is 0 Å². The zero-order chi connectivity index (χ0) is 14.4. The van der Waals surface area contributed by atoms with E-state index < -0.39 is 5.97 Å². The van der Waals surface area contributed by atoms with Crippen molar-refractivity contribution in [3.63, 3.8) is 0 Å². The summed E-state index contributed by atoms with van der Waals surface area (Å²) in [5.41, 5.74) is 4.22. The summed E-state index contributed by atoms with van der Waals surface area (Å²) in [4.78, 5) is 22.7. The molecule has 0 unspecified atom stereocenters. The number of ketones is 1. The molecule has 0 aliphatic rings. The molecule has 0 aromatic heterocycles. The Morgan fingerprint density at radius 1 is 0.895 bits per heavy atom. The van der Waals surface area contributed by atoms with Crippen LogP contribution < -0.4 is 0 Å². The quantitative estimate of drug-likeness (QED) is 0.766. The molecule has 3 heteroatoms. The molecule has 0 bridgehead atoms. The van der Waals surface area contributed by atoms with Crippen molar-refractivity contribution in [1.82, 2.24) is 0 Å². The van der Waals surface area contributed by atoms with Gasteiger partial charge in [0.15, 0.2) is 5.78 Å². The van der Waals surface area contributed by atoms with E-state index >= 15 is 0 Å². The van der Waals surface area contributed by atoms with Crippen LogP contribution in [0.4, 0.5) is 0 Å². The van der Waals surface area contributed by atoms with Gasteiger partial charge in [0, 0.05) is 12.0 Å². The fraction of sp³-hybridized carbons (Fsp3) is 0.500. The molecule has 19 heavy (non-hydrogen) atoms. The van der Waals surface area contributed by atoms with Crippen molar-refractivity contribution < 1.29 is 14.7 Å². The van der Waals surface area contributed by atoms with Gasteiger partial charge >= 0.3 is 5.97 Å². The molecule has 0 saturated carbocycles. The number of carbonyl (C=O) groups is 2. The Balaban J connectivity index is 3.10. The van der Waals surface area contributed by atoms with Crippen LogP contribution in [0.3, 0.4) is 0 Å². The maximum absolute atomic E-state index is 12.1. The van der Waals surface area contributed by atoms with Crippen LogP contribution in [-0.4, -0.2) is 16.9 Å². The maximum Gasteiger partial charge on any atom is 0.303 e. The minimum atomic E-state index is -0.924. The molecule has 0 aliphatic carbocycles. The third-order valence-corrected chi connectivity index (χ3v) is 3.43. The Hall–Kier alpha value is -1.64. The summed E-state index contributed by atoms with van der Waals surface area (Å²) in [5.74, 6) is -0.983. The van der Waals surface area contributed by atoms with Gasteiger partial charge in [0.2, 0.25) is 0 Å². The van der Waals surface area contributed by atoms with Gasteiger partial charge < -0.3 is 5.11 Å². The first-order valence-corrected chi connectivity index (χ1v) is 6.93. The topological polar surface area (TPSA) is 54.4 Å². The molecule has 1 aromatic carbocycles. The molecule has 0 saturated heterocycles. The summed E-state index contributed by atoms with van der Waals surface area (Å²) < 4.78 is 0. The third-order valence-electron chi connectivity index (χ3n) is 3.43. The number of rotatable bonds is 7. The largest absolute Gasteiger partial charge is 0.481 e. The van der Waals surface area contributed by atoms with Gasteiger partial charge in [-0.05, 0) is 42.0 Å². The molecule has 3 nitrogen and oxygen atoms in total. The molecule has 104 valence electrons. The van der Waals surface area contributed by atoms with E-state index in [1.165, 1.54) is 11.1 Å². The van der Waals surface area contributed by atoms with Crippen LogP contribution in [0.1, 0.15) is 60.7 Å². The molecule has 0 aliphatic heterocycles. The number of aryl methyl sites for hydroxylation is 3. The Morgan fingerprint density at radius 2 is 1.42 bits per heavy atom. The van der Waals surface area contributed by atoms with E-state index in [0.29, 0.717) is 5.56 Å². The highest BCUT2D eigenvalue weighted by Crippen LogP contribution is 2.21. The van der Waals surface area contributed by atoms with E-state index in [1.807, 2.05) is 13.0 Å². The molecule has 1 aromatic rings. The van der Waals surface area contributed by atoms with Crippen molar-refractivity contribution in [2.75, 3.05) is 0 Å². The maximum atomic E-state index is 12.1. The molecule has 1 N–H and O–H groups in total. The number of hydrogen-bond acceptors (Lipinski definition) is 2. The van der Waals surface area contributed by atoms with Gasteiger partial charge in [0.25, 0.3) is 0 Å². The first-order chi connectivity index (χ1) is 9.03. The summed E-state index contributed by atoms with van der Waals surface area (Å²) >= 11 is 0. The number of Topliss-reactive ketones (excluding diaryl/α,β-unsaturated/α-hetero) is 1. The van der Waals surface area contributed by atoms with Crippen LogP contribution in [0.15, 0.2) is 12.1 Å². The number of carboxylic acid groups (broad SMARTS) is 1. The first kappa shape index (κ1) is 15.4. The normalized spacial score (nSPS) is 10.5. The zero-order valence-corrected chi connectivity index (χ0v) is 12.0. The van der Waals surface area contributed by atoms with E-state index in [1.54, 1.807) is 0 Å². The minimum Gasteiger partial charge on any atom is -0.481 e. The second kappa shape index (κ2) is 7.07. The summed E-state index contributed by atoms with van der Waals surface area (Å²) in [6.45, 7) is 6.21. The lowest BCUT2D eigenvalue weighted by molar-refractivity contribution is -0.136. The average molecular weight is 262 g/mol. The molecule has 0 heterocycles. The predicted molar refractivity (Wildman–Crippen MR) is 75.8 cm³/mol. The second-order valence-electron chi connectivity index (χ2n) is 4.66. The summed E-state index contributed by atoms with van der Waals surface area (Å²) in [7, 11) is 0. The second-order valence-corrected chi connectivity index (χ2v) is 4.66. The summed E-state index contributed by atoms with van der Waals surface area (Å²) in [6, 6.07) is 4.06. The Bertz CT molecular complexity index is 475. The molecule has 0 fully saturated rings. The van der Waals surface area contributed by atoms with Crippen molar-refractivity contribution in [1.29, 1.82) is 0 Å². The van der Waals surface area contributed by atoms with Crippen LogP contribution >= 0.6 is 0 Å². The van der Waals surface area contributed by atoms with Gasteiger partial charge in [-0.3, -0.25) is 9.59 Å². The van der Waals surface area contributed by atoms with Crippen molar-refractivity contribution in [2.45, 2.75) is 52.9 Å². The van der Waals surface area contributed by atoms with Crippen molar-refractivity contribution in [2.24, 2.45) is 0 Å². The Morgan fingerprint density at radius 3 is 1.89 bits per heavy atom. The van der Waals surface area contributed by atoms with Gasteiger partial charge in [-0.1, -0.05) is 26.8 Å². The van der Waals surface area contributed by atoms with Crippen LogP contribution in [0.2, 0.25) is 0 Å². The van der Waals surface area contributed by atoms with Crippen LogP contribution in [0, 0.1) is 0 Å². The minimum absolute atomic E-state index is 0.0587. The molecule has 0 amide bonds. The van der Waals surface area contributed by atoms with E-state index in [9.17, 15) is 9.59 Å². The Kier molecular flexibility index (Phi) is 5.74. The summed E-state index contributed by atoms with van der Waals surface area (Å²) in [6.07, 6.45) is 2.63. The molecule has 0 atom stereocenters. The SMILES string of the molecule is CCc1cc(CC)c(C(=O)CCC(=O)O)cc1CC. The van der Waals surface area contributed by atoms with Gasteiger partial charge in [0.1, 0.15) is 0 Å². The van der Waals surface area contributed by atoms with Crippen LogP contribution in [0.25, 0.3) is 0 Å². The number of hydrogen-bond donors (Lipinski definition) is 1. The highest BCUT2D eigenvalue weighted by molar-refractivity contribution is 5.99. The van der Waals surface area contributed by atoms with Crippen LogP contribution in [0.5, 0.6) is 0 Å². The van der Waals surface area contributed by atoms with E-state index in [0.717, 1.165) is 24.8 Å². The molecule has 0 radical (unpaired) electrons. The number of aliphatic carboxylic acids is 1. The molecular weight excluding hydrogens is 240 g/mol. The highest BCUT2D eigenvalue weighted by Gasteiger charge is 2.14. The van der Waals surface area contributed by atoms with Crippen molar-refractivity contribution >= 4 is 11.8 Å². The standard InChI is InChI=1S/C16H22O3/c1-4-11-9-13(6-3)14(10-12(11)5-2)15(17)7-8-16(18)19/h9-10H,4-8H2,1-3H3,(H,18,19). The first-order valence-electron chi connectivity index (χ1n) is 6.93. The monoisotopic (exact) mass is 262 g/mol. The lowest BCUT2D eigenvalue weighted by atomic mass is 9.91.